The highest BCUT2D eigenvalue weighted by Crippen LogP contribution is 2.39. The summed E-state index contributed by atoms with van der Waals surface area (Å²) in [4.78, 5) is 58.9. The molecule has 0 saturated heterocycles. The smallest absolute Gasteiger partial charge is 0.409 e. The molecule has 12 nitrogen and oxygen atoms in total. The normalized spacial score (nSPS) is 13.0. The summed E-state index contributed by atoms with van der Waals surface area (Å²) in [6.07, 6.45) is 2.48. The Morgan fingerprint density at radius 2 is 1.95 bits per heavy atom. The summed E-state index contributed by atoms with van der Waals surface area (Å²) >= 11 is 6.05. The van der Waals surface area contributed by atoms with Crippen molar-refractivity contribution in [1.82, 2.24) is 15.2 Å². The maximum absolute atomic E-state index is 12.3. The first-order valence-electron chi connectivity index (χ1n) is 11.7. The second-order valence-electron chi connectivity index (χ2n) is 8.40. The number of carbonyl (C=O) groups excluding carboxylic acids is 2. The highest BCUT2D eigenvalue weighted by Gasteiger charge is 2.36. The predicted molar refractivity (Wildman–Crippen MR) is 139 cm³/mol. The van der Waals surface area contributed by atoms with Gasteiger partial charge in [0.15, 0.2) is 0 Å². The van der Waals surface area contributed by atoms with E-state index in [2.05, 4.69) is 10.3 Å². The zero-order valence-electron chi connectivity index (χ0n) is 20.6. The number of benzene rings is 1. The number of rotatable bonds is 14. The summed E-state index contributed by atoms with van der Waals surface area (Å²) in [6, 6.07) is 7.56. The molecule has 204 valence electrons. The molecule has 0 aliphatic carbocycles. The molecule has 2 rings (SSSR count). The fourth-order valence-electron chi connectivity index (χ4n) is 3.55. The Bertz CT molecular complexity index is 1140. The average molecular weight is 559 g/mol. The molecule has 0 saturated carbocycles. The zero-order chi connectivity index (χ0) is 27.6. The van der Waals surface area contributed by atoms with Crippen LogP contribution in [0.5, 0.6) is 0 Å². The largest absolute Gasteiger partial charge is 0.479 e. The van der Waals surface area contributed by atoms with Crippen molar-refractivity contribution < 1.29 is 38.6 Å². The van der Waals surface area contributed by atoms with Crippen LogP contribution in [0.1, 0.15) is 39.5 Å². The number of ether oxygens (including phenoxy) is 1. The number of hydrogen-bond donors (Lipinski definition) is 5. The van der Waals surface area contributed by atoms with Crippen LogP contribution in [0.3, 0.4) is 0 Å². The second-order valence-corrected chi connectivity index (χ2v) is 10.5. The van der Waals surface area contributed by atoms with Crippen molar-refractivity contribution in [2.75, 3.05) is 25.0 Å². The van der Waals surface area contributed by atoms with Crippen molar-refractivity contribution in [3.63, 3.8) is 0 Å². The maximum Gasteiger partial charge on any atom is 0.409 e. The monoisotopic (exact) mass is 558 g/mol. The third kappa shape index (κ3) is 9.81. The number of fused-ring (bicyclic) bond motifs is 1. The molecule has 0 spiro atoms. The van der Waals surface area contributed by atoms with Crippen LogP contribution in [-0.4, -0.2) is 74.3 Å². The van der Waals surface area contributed by atoms with Gasteiger partial charge in [0, 0.05) is 47.8 Å². The van der Waals surface area contributed by atoms with Crippen molar-refractivity contribution in [3.05, 3.63) is 35.5 Å². The van der Waals surface area contributed by atoms with Gasteiger partial charge in [-0.2, -0.15) is 0 Å². The van der Waals surface area contributed by atoms with E-state index in [1.165, 1.54) is 4.90 Å². The Balaban J connectivity index is 1.73. The molecule has 5 N–H and O–H groups in total. The number of aromatic nitrogens is 1. The molecular formula is C23H32ClN4O8P. The number of aliphatic carboxylic acids is 1. The molecule has 0 aliphatic heterocycles. The summed E-state index contributed by atoms with van der Waals surface area (Å²) < 4.78 is 16.3. The highest BCUT2D eigenvalue weighted by molar-refractivity contribution is 7.53. The summed E-state index contributed by atoms with van der Waals surface area (Å²) in [7, 11) is -5.04. The molecule has 0 aliphatic rings. The lowest BCUT2D eigenvalue weighted by atomic mass is 10.1. The number of nitrogens with zero attached hydrogens (tertiary/aromatic N) is 2. The Morgan fingerprint density at radius 3 is 2.59 bits per heavy atom. The van der Waals surface area contributed by atoms with Crippen molar-refractivity contribution in [2.45, 2.75) is 51.4 Å². The van der Waals surface area contributed by atoms with Gasteiger partial charge in [0.05, 0.1) is 12.1 Å². The van der Waals surface area contributed by atoms with Crippen LogP contribution in [-0.2, 0) is 18.9 Å². The molecule has 1 heterocycles. The maximum atomic E-state index is 12.3. The van der Waals surface area contributed by atoms with Gasteiger partial charge in [-0.15, -0.1) is 0 Å². The third-order valence-electron chi connectivity index (χ3n) is 5.45. The van der Waals surface area contributed by atoms with E-state index in [-0.39, 0.29) is 25.5 Å². The second kappa shape index (κ2) is 14.1. The van der Waals surface area contributed by atoms with Crippen LogP contribution in [0, 0.1) is 0 Å². The van der Waals surface area contributed by atoms with Crippen LogP contribution in [0.2, 0.25) is 5.02 Å². The molecule has 14 heteroatoms. The fraction of sp³-hybridized carbons (Fsp3) is 0.478. The molecule has 2 aromatic rings. The van der Waals surface area contributed by atoms with Gasteiger partial charge >= 0.3 is 19.7 Å². The number of carbonyl (C=O) groups is 3. The van der Waals surface area contributed by atoms with Crippen molar-refractivity contribution in [3.8, 4) is 0 Å². The molecule has 1 aromatic carbocycles. The van der Waals surface area contributed by atoms with Gasteiger partial charge in [0.2, 0.25) is 11.7 Å². The van der Waals surface area contributed by atoms with E-state index in [1.54, 1.807) is 17.6 Å². The lowest BCUT2D eigenvalue weighted by molar-refractivity contribution is -0.139. The highest BCUT2D eigenvalue weighted by atomic mass is 35.5. The third-order valence-corrected chi connectivity index (χ3v) is 6.71. The van der Waals surface area contributed by atoms with Crippen LogP contribution >= 0.6 is 19.2 Å². The predicted octanol–water partition coefficient (Wildman–Crippen LogP) is 3.41. The van der Waals surface area contributed by atoms with Crippen molar-refractivity contribution >= 4 is 53.8 Å². The summed E-state index contributed by atoms with van der Waals surface area (Å²) in [5.41, 5.74) is 1.74. The van der Waals surface area contributed by atoms with Crippen LogP contribution in [0.25, 0.3) is 10.9 Å². The molecule has 0 radical (unpaired) electrons. The first kappa shape index (κ1) is 30.3. The lowest BCUT2D eigenvalue weighted by Gasteiger charge is -2.22. The number of carboxylic acid groups (broad SMARTS) is 1. The van der Waals surface area contributed by atoms with Crippen LogP contribution in [0.4, 0.5) is 10.5 Å². The molecule has 2 atom stereocenters. The SMILES string of the molecule is CCN(CCCC(C)Nc1ccnc2cc(Cl)ccc12)C(=O)OCCCC(=O)NC(C(=O)O)P(=O)(O)O. The molecule has 0 bridgehead atoms. The molecule has 0 fully saturated rings. The Morgan fingerprint density at radius 1 is 1.22 bits per heavy atom. The van der Waals surface area contributed by atoms with E-state index < -0.39 is 31.3 Å². The molecular weight excluding hydrogens is 527 g/mol. The van der Waals surface area contributed by atoms with Gasteiger partial charge in [-0.05, 0) is 57.4 Å². The minimum atomic E-state index is -5.04. The standard InChI is InChI=1S/C23H32ClN4O8P/c1-3-28(23(32)36-13-5-7-20(29)27-21(22(30)31)37(33,34)35)12-4-6-15(2)26-18-10-11-25-19-14-16(24)8-9-17(18)19/h8-11,14-15,21H,3-7,12-13H2,1-2H3,(H,25,26)(H,27,29)(H,30,31)(H2,33,34,35). The fourth-order valence-corrected chi connectivity index (χ4v) is 4.32. The van der Waals surface area contributed by atoms with E-state index in [0.29, 0.717) is 24.5 Å². The number of amides is 2. The minimum Gasteiger partial charge on any atom is -0.479 e. The Kier molecular flexibility index (Phi) is 11.6. The Labute approximate surface area is 219 Å². The summed E-state index contributed by atoms with van der Waals surface area (Å²) in [5.74, 6) is -5.02. The number of hydrogen-bond acceptors (Lipinski definition) is 7. The molecule has 1 aromatic heterocycles. The lowest BCUT2D eigenvalue weighted by Crippen LogP contribution is -2.40. The van der Waals surface area contributed by atoms with Gasteiger partial charge < -0.3 is 35.2 Å². The van der Waals surface area contributed by atoms with E-state index in [1.807, 2.05) is 32.0 Å². The van der Waals surface area contributed by atoms with Crippen molar-refractivity contribution in [1.29, 1.82) is 0 Å². The topological polar surface area (TPSA) is 178 Å². The summed E-state index contributed by atoms with van der Waals surface area (Å²) in [6.45, 7) is 4.66. The summed E-state index contributed by atoms with van der Waals surface area (Å²) in [5, 5.41) is 15.7. The zero-order valence-corrected chi connectivity index (χ0v) is 22.2. The van der Waals surface area contributed by atoms with Gasteiger partial charge in [-0.1, -0.05) is 11.6 Å². The van der Waals surface area contributed by atoms with E-state index in [9.17, 15) is 18.9 Å². The average Bonchev–Trinajstić information content (AvgIpc) is 2.82. The van der Waals surface area contributed by atoms with Crippen molar-refractivity contribution in [2.24, 2.45) is 0 Å². The van der Waals surface area contributed by atoms with Gasteiger partial charge in [0.1, 0.15) is 0 Å². The van der Waals surface area contributed by atoms with E-state index >= 15 is 0 Å². The Hall–Kier alpha value is -2.92. The quantitative estimate of drug-likeness (QED) is 0.170. The van der Waals surface area contributed by atoms with Crippen LogP contribution in [0.15, 0.2) is 30.5 Å². The first-order chi connectivity index (χ1) is 17.4. The number of halogens is 1. The van der Waals surface area contributed by atoms with E-state index in [0.717, 1.165) is 23.0 Å². The van der Waals surface area contributed by atoms with Crippen LogP contribution < -0.4 is 10.6 Å². The molecule has 2 unspecified atom stereocenters. The number of anilines is 1. The number of pyridine rings is 1. The minimum absolute atomic E-state index is 0.0642. The van der Waals surface area contributed by atoms with Gasteiger partial charge in [-0.25, -0.2) is 9.59 Å². The first-order valence-corrected chi connectivity index (χ1v) is 13.8. The van der Waals surface area contributed by atoms with Gasteiger partial charge in [-0.3, -0.25) is 14.3 Å². The molecule has 37 heavy (non-hydrogen) atoms. The van der Waals surface area contributed by atoms with E-state index in [4.69, 9.17) is 31.2 Å². The number of carboxylic acids is 1. The number of nitrogens with one attached hydrogen (secondary N) is 2. The molecule has 2 amide bonds. The van der Waals surface area contributed by atoms with Gasteiger partial charge in [0.25, 0.3) is 0 Å².